The number of hydrogen-bond donors (Lipinski definition) is 3. The Morgan fingerprint density at radius 2 is 2.13 bits per heavy atom. The molecule has 0 fully saturated rings. The van der Waals surface area contributed by atoms with Gasteiger partial charge in [0.05, 0.1) is 37.2 Å². The highest BCUT2D eigenvalue weighted by molar-refractivity contribution is 7.87. The summed E-state index contributed by atoms with van der Waals surface area (Å²) < 4.78 is 45.8. The van der Waals surface area contributed by atoms with Gasteiger partial charge in [-0.05, 0) is 36.8 Å². The van der Waals surface area contributed by atoms with Gasteiger partial charge >= 0.3 is 10.3 Å². The summed E-state index contributed by atoms with van der Waals surface area (Å²) in [6, 6.07) is 8.56. The van der Waals surface area contributed by atoms with Crippen molar-refractivity contribution in [1.29, 1.82) is 0 Å². The van der Waals surface area contributed by atoms with Crippen molar-refractivity contribution in [2.45, 2.75) is 20.0 Å². The van der Waals surface area contributed by atoms with Crippen LogP contribution in [0.5, 0.6) is 5.75 Å². The Bertz CT molecular complexity index is 1230. The molecule has 1 aliphatic rings. The number of hydrogen-bond acceptors (Lipinski definition) is 8. The van der Waals surface area contributed by atoms with Crippen molar-refractivity contribution in [1.82, 2.24) is 20.0 Å². The Hall–Kier alpha value is -3.35. The van der Waals surface area contributed by atoms with Gasteiger partial charge in [0.25, 0.3) is 0 Å². The maximum absolute atomic E-state index is 11.1. The number of hydrazine groups is 1. The second-order valence-electron chi connectivity index (χ2n) is 6.78. The Kier molecular flexibility index (Phi) is 4.97. The first-order valence-electron chi connectivity index (χ1n) is 8.88. The zero-order chi connectivity index (χ0) is 21.5. The molecule has 12 heteroatoms. The third kappa shape index (κ3) is 4.01. The molecule has 0 atom stereocenters. The lowest BCUT2D eigenvalue weighted by atomic mass is 10.1. The number of rotatable bonds is 6. The lowest BCUT2D eigenvalue weighted by Crippen LogP contribution is -2.29. The zero-order valence-corrected chi connectivity index (χ0v) is 17.0. The molecule has 3 aromatic rings. The summed E-state index contributed by atoms with van der Waals surface area (Å²) in [4.78, 5) is 0. The standard InChI is InChI=1S/C18H20N6O5S/c1-11-3-6-16(29-11)13-9-23(19)10-15-18(13)20-22-24(15)8-12-4-5-14(17(7-12)28-2)21-30(25,26)27/h3-7,9,21H,8,10,19H2,1-2H3,(H,25,26,27). The number of anilines is 1. The molecular weight excluding hydrogens is 412 g/mol. The highest BCUT2D eigenvalue weighted by Gasteiger charge is 2.25. The highest BCUT2D eigenvalue weighted by Crippen LogP contribution is 2.31. The molecule has 30 heavy (non-hydrogen) atoms. The minimum absolute atomic E-state index is 0.121. The molecule has 0 unspecified atom stereocenters. The van der Waals surface area contributed by atoms with Crippen molar-refractivity contribution in [3.8, 4) is 5.75 Å². The smallest absolute Gasteiger partial charge is 0.357 e. The molecule has 0 aliphatic carbocycles. The summed E-state index contributed by atoms with van der Waals surface area (Å²) in [6.07, 6.45) is 1.76. The number of furan rings is 1. The average molecular weight is 432 g/mol. The fraction of sp³-hybridized carbons (Fsp3) is 0.222. The molecule has 3 heterocycles. The summed E-state index contributed by atoms with van der Waals surface area (Å²) in [5.74, 6) is 7.75. The fourth-order valence-electron chi connectivity index (χ4n) is 3.26. The minimum atomic E-state index is -4.41. The summed E-state index contributed by atoms with van der Waals surface area (Å²) in [6.45, 7) is 2.62. The van der Waals surface area contributed by atoms with Crippen LogP contribution in [0.3, 0.4) is 0 Å². The van der Waals surface area contributed by atoms with E-state index >= 15 is 0 Å². The average Bonchev–Trinajstić information content (AvgIpc) is 3.28. The molecule has 0 saturated heterocycles. The van der Waals surface area contributed by atoms with E-state index in [2.05, 4.69) is 10.3 Å². The molecule has 1 aliphatic heterocycles. The van der Waals surface area contributed by atoms with Crippen LogP contribution >= 0.6 is 0 Å². The van der Waals surface area contributed by atoms with Gasteiger partial charge in [-0.3, -0.25) is 9.27 Å². The number of nitrogens with one attached hydrogen (secondary N) is 1. The number of benzene rings is 1. The summed E-state index contributed by atoms with van der Waals surface area (Å²) in [7, 11) is -3.01. The summed E-state index contributed by atoms with van der Waals surface area (Å²) in [5, 5.41) is 10.1. The monoisotopic (exact) mass is 432 g/mol. The van der Waals surface area contributed by atoms with Crippen LogP contribution in [-0.2, 0) is 23.4 Å². The van der Waals surface area contributed by atoms with Gasteiger partial charge in [-0.2, -0.15) is 8.42 Å². The van der Waals surface area contributed by atoms with Crippen LogP contribution in [0.25, 0.3) is 5.57 Å². The second kappa shape index (κ2) is 7.48. The molecule has 158 valence electrons. The van der Waals surface area contributed by atoms with Gasteiger partial charge in [0.2, 0.25) is 0 Å². The quantitative estimate of drug-likeness (QED) is 0.389. The maximum Gasteiger partial charge on any atom is 0.357 e. The van der Waals surface area contributed by atoms with E-state index in [1.807, 2.05) is 23.8 Å². The van der Waals surface area contributed by atoms with Crippen LogP contribution in [-0.4, -0.2) is 40.1 Å². The predicted octanol–water partition coefficient (Wildman–Crippen LogP) is 1.53. The number of aryl methyl sites for hydroxylation is 1. The third-order valence-electron chi connectivity index (χ3n) is 4.56. The van der Waals surface area contributed by atoms with Gasteiger partial charge in [-0.25, -0.2) is 10.5 Å². The Labute approximate surface area is 172 Å². The molecule has 0 amide bonds. The molecule has 11 nitrogen and oxygen atoms in total. The van der Waals surface area contributed by atoms with Gasteiger partial charge in [0, 0.05) is 6.20 Å². The fourth-order valence-corrected chi connectivity index (χ4v) is 3.71. The van der Waals surface area contributed by atoms with Crippen LogP contribution < -0.4 is 15.3 Å². The number of nitrogens with zero attached hydrogens (tertiary/aromatic N) is 4. The molecule has 0 saturated carbocycles. The van der Waals surface area contributed by atoms with E-state index in [0.29, 0.717) is 24.5 Å². The summed E-state index contributed by atoms with van der Waals surface area (Å²) >= 11 is 0. The largest absolute Gasteiger partial charge is 0.495 e. The lowest BCUT2D eigenvalue weighted by molar-refractivity contribution is 0.364. The molecule has 0 spiro atoms. The van der Waals surface area contributed by atoms with E-state index in [9.17, 15) is 8.42 Å². The van der Waals surface area contributed by atoms with Gasteiger partial charge in [0.1, 0.15) is 23.0 Å². The minimum Gasteiger partial charge on any atom is -0.495 e. The van der Waals surface area contributed by atoms with E-state index < -0.39 is 10.3 Å². The van der Waals surface area contributed by atoms with E-state index in [0.717, 1.165) is 22.6 Å². The second-order valence-corrected chi connectivity index (χ2v) is 7.93. The molecule has 2 aromatic heterocycles. The molecule has 0 radical (unpaired) electrons. The number of nitrogens with two attached hydrogens (primary N) is 1. The van der Waals surface area contributed by atoms with Crippen molar-refractivity contribution < 1.29 is 22.1 Å². The molecule has 4 rings (SSSR count). The van der Waals surface area contributed by atoms with E-state index in [-0.39, 0.29) is 11.4 Å². The van der Waals surface area contributed by atoms with E-state index in [1.54, 1.807) is 23.0 Å². The van der Waals surface area contributed by atoms with Gasteiger partial charge in [-0.15, -0.1) is 5.10 Å². The van der Waals surface area contributed by atoms with Gasteiger partial charge in [0.15, 0.2) is 0 Å². The van der Waals surface area contributed by atoms with Crippen molar-refractivity contribution in [2.24, 2.45) is 5.84 Å². The van der Waals surface area contributed by atoms with Crippen molar-refractivity contribution in [2.75, 3.05) is 11.8 Å². The van der Waals surface area contributed by atoms with Crippen LogP contribution in [0, 0.1) is 6.92 Å². The van der Waals surface area contributed by atoms with Crippen LogP contribution in [0.15, 0.2) is 40.9 Å². The molecular formula is C18H20N6O5S. The van der Waals surface area contributed by atoms with Crippen molar-refractivity contribution in [3.63, 3.8) is 0 Å². The van der Waals surface area contributed by atoms with Crippen molar-refractivity contribution in [3.05, 3.63) is 65.0 Å². The first-order chi connectivity index (χ1) is 14.2. The Balaban J connectivity index is 1.65. The topological polar surface area (TPSA) is 149 Å². The first kappa shape index (κ1) is 19.9. The lowest BCUT2D eigenvalue weighted by Gasteiger charge is -2.21. The van der Waals surface area contributed by atoms with Gasteiger partial charge in [-0.1, -0.05) is 11.3 Å². The zero-order valence-electron chi connectivity index (χ0n) is 16.2. The molecule has 1 aromatic carbocycles. The normalized spacial score (nSPS) is 13.7. The first-order valence-corrected chi connectivity index (χ1v) is 10.3. The Morgan fingerprint density at radius 1 is 1.33 bits per heavy atom. The van der Waals surface area contributed by atoms with Crippen LogP contribution in [0.4, 0.5) is 5.69 Å². The van der Waals surface area contributed by atoms with Gasteiger partial charge < -0.3 is 14.2 Å². The molecule has 0 bridgehead atoms. The summed E-state index contributed by atoms with van der Waals surface area (Å²) in [5.41, 5.74) is 3.14. The van der Waals surface area contributed by atoms with E-state index in [4.69, 9.17) is 19.5 Å². The van der Waals surface area contributed by atoms with Crippen LogP contribution in [0.1, 0.15) is 28.5 Å². The third-order valence-corrected chi connectivity index (χ3v) is 5.04. The maximum atomic E-state index is 11.1. The highest BCUT2D eigenvalue weighted by atomic mass is 32.2. The number of ether oxygens (including phenoxy) is 1. The van der Waals surface area contributed by atoms with E-state index in [1.165, 1.54) is 18.2 Å². The van der Waals surface area contributed by atoms with Crippen LogP contribution in [0.2, 0.25) is 0 Å². The number of fused-ring (bicyclic) bond motifs is 1. The Morgan fingerprint density at radius 3 is 2.80 bits per heavy atom. The number of aromatic nitrogens is 3. The van der Waals surface area contributed by atoms with Crippen molar-refractivity contribution >= 4 is 21.6 Å². The SMILES string of the molecule is COc1cc(Cn2nnc3c2CN(N)C=C3c2ccc(C)o2)ccc1NS(=O)(=O)O. The predicted molar refractivity (Wildman–Crippen MR) is 108 cm³/mol. The molecule has 4 N–H and O–H groups in total. The number of methoxy groups -OCH3 is 1.